The van der Waals surface area contributed by atoms with Crippen LogP contribution >= 0.6 is 11.3 Å². The second-order valence-corrected chi connectivity index (χ2v) is 8.42. The molecular formula is C19H32N2O2S. The number of rotatable bonds is 6. The van der Waals surface area contributed by atoms with Crippen molar-refractivity contribution in [2.75, 3.05) is 53.0 Å². The van der Waals surface area contributed by atoms with Gasteiger partial charge in [0.25, 0.3) is 0 Å². The molecule has 2 saturated heterocycles. The van der Waals surface area contributed by atoms with Gasteiger partial charge >= 0.3 is 0 Å². The number of ether oxygens (including phenoxy) is 1. The molecule has 3 heterocycles. The molecule has 0 radical (unpaired) electrons. The van der Waals surface area contributed by atoms with E-state index in [0.29, 0.717) is 5.92 Å². The van der Waals surface area contributed by atoms with E-state index in [9.17, 15) is 5.11 Å². The van der Waals surface area contributed by atoms with Crippen molar-refractivity contribution in [3.63, 3.8) is 0 Å². The first-order valence-corrected chi connectivity index (χ1v) is 10.2. The van der Waals surface area contributed by atoms with Crippen LogP contribution < -0.4 is 0 Å². The Kier molecular flexibility index (Phi) is 6.70. The number of aryl methyl sites for hydroxylation is 1. The number of aliphatic hydroxyl groups excluding tert-OH is 1. The average Bonchev–Trinajstić information content (AvgIpc) is 3.00. The minimum Gasteiger partial charge on any atom is -0.391 e. The Hall–Kier alpha value is -0.460. The molecule has 136 valence electrons. The topological polar surface area (TPSA) is 35.9 Å². The van der Waals surface area contributed by atoms with Crippen molar-refractivity contribution in [1.29, 1.82) is 0 Å². The highest BCUT2D eigenvalue weighted by atomic mass is 32.1. The molecule has 2 fully saturated rings. The summed E-state index contributed by atoms with van der Waals surface area (Å²) in [5, 5.41) is 12.8. The maximum Gasteiger partial charge on any atom is 0.0743 e. The van der Waals surface area contributed by atoms with Crippen LogP contribution in [-0.4, -0.2) is 74.0 Å². The summed E-state index contributed by atoms with van der Waals surface area (Å²) in [6.07, 6.45) is 3.45. The van der Waals surface area contributed by atoms with Crippen LogP contribution in [0.15, 0.2) is 11.4 Å². The van der Waals surface area contributed by atoms with Gasteiger partial charge in [-0.2, -0.15) is 0 Å². The number of aliphatic hydroxyl groups is 1. The molecule has 0 bridgehead atoms. The lowest BCUT2D eigenvalue weighted by Crippen LogP contribution is -2.46. The van der Waals surface area contributed by atoms with Crippen molar-refractivity contribution in [2.24, 2.45) is 5.92 Å². The van der Waals surface area contributed by atoms with Crippen molar-refractivity contribution < 1.29 is 9.84 Å². The number of likely N-dealkylation sites (tertiary alicyclic amines) is 2. The monoisotopic (exact) mass is 352 g/mol. The number of methoxy groups -OCH3 is 1. The summed E-state index contributed by atoms with van der Waals surface area (Å²) in [6, 6.07) is 2.18. The predicted octanol–water partition coefficient (Wildman–Crippen LogP) is 2.57. The number of nitrogens with zero attached hydrogens (tertiary/aromatic N) is 2. The first-order valence-electron chi connectivity index (χ1n) is 9.33. The van der Waals surface area contributed by atoms with Crippen LogP contribution in [0, 0.1) is 12.8 Å². The van der Waals surface area contributed by atoms with Gasteiger partial charge in [-0.3, -0.25) is 0 Å². The lowest BCUT2D eigenvalue weighted by molar-refractivity contribution is 0.0359. The first kappa shape index (κ1) is 18.3. The molecule has 2 aliphatic heterocycles. The first-order chi connectivity index (χ1) is 11.7. The fourth-order valence-electron chi connectivity index (χ4n) is 4.21. The number of hydrogen-bond donors (Lipinski definition) is 1. The normalized spacial score (nSPS) is 27.6. The van der Waals surface area contributed by atoms with Crippen molar-refractivity contribution in [3.8, 4) is 0 Å². The van der Waals surface area contributed by atoms with Gasteiger partial charge in [0.1, 0.15) is 0 Å². The summed E-state index contributed by atoms with van der Waals surface area (Å²) in [7, 11) is 1.78. The molecule has 24 heavy (non-hydrogen) atoms. The van der Waals surface area contributed by atoms with E-state index < -0.39 is 0 Å². The summed E-state index contributed by atoms with van der Waals surface area (Å²) in [6.45, 7) is 9.59. The minimum absolute atomic E-state index is 0.210. The van der Waals surface area contributed by atoms with Gasteiger partial charge in [-0.1, -0.05) is 0 Å². The molecule has 0 amide bonds. The van der Waals surface area contributed by atoms with Gasteiger partial charge in [0.15, 0.2) is 0 Å². The quantitative estimate of drug-likeness (QED) is 0.854. The third-order valence-electron chi connectivity index (χ3n) is 5.74. The highest BCUT2D eigenvalue weighted by Crippen LogP contribution is 2.34. The Morgan fingerprint density at radius 1 is 1.21 bits per heavy atom. The largest absolute Gasteiger partial charge is 0.391 e. The van der Waals surface area contributed by atoms with Crippen molar-refractivity contribution in [3.05, 3.63) is 21.9 Å². The third-order valence-corrected chi connectivity index (χ3v) is 6.89. The van der Waals surface area contributed by atoms with Gasteiger partial charge in [0, 0.05) is 37.5 Å². The van der Waals surface area contributed by atoms with Crippen molar-refractivity contribution in [1.82, 2.24) is 9.80 Å². The van der Waals surface area contributed by atoms with Crippen LogP contribution in [-0.2, 0) is 4.74 Å². The van der Waals surface area contributed by atoms with E-state index in [1.807, 2.05) is 11.3 Å². The molecule has 3 rings (SSSR count). The van der Waals surface area contributed by atoms with Crippen LogP contribution in [0.1, 0.15) is 35.6 Å². The average molecular weight is 353 g/mol. The van der Waals surface area contributed by atoms with Crippen molar-refractivity contribution >= 4 is 11.3 Å². The Balaban J connectivity index is 1.43. The smallest absolute Gasteiger partial charge is 0.0743 e. The molecule has 0 aromatic carbocycles. The summed E-state index contributed by atoms with van der Waals surface area (Å²) < 4.78 is 5.18. The van der Waals surface area contributed by atoms with Gasteiger partial charge in [-0.25, -0.2) is 0 Å². The Bertz CT molecular complexity index is 499. The lowest BCUT2D eigenvalue weighted by atomic mass is 9.89. The van der Waals surface area contributed by atoms with Crippen LogP contribution in [0.4, 0.5) is 0 Å². The van der Waals surface area contributed by atoms with E-state index in [-0.39, 0.29) is 6.10 Å². The predicted molar refractivity (Wildman–Crippen MR) is 99.9 cm³/mol. The van der Waals surface area contributed by atoms with E-state index in [0.717, 1.165) is 45.1 Å². The molecule has 1 aromatic heterocycles. The zero-order valence-electron chi connectivity index (χ0n) is 15.1. The zero-order valence-corrected chi connectivity index (χ0v) is 15.9. The highest BCUT2D eigenvalue weighted by Gasteiger charge is 2.32. The number of thiophene rings is 1. The molecular weight excluding hydrogens is 320 g/mol. The fraction of sp³-hybridized carbons (Fsp3) is 0.789. The SMILES string of the molecule is COCCN1CCC(CN2CC[C@@H](c3sccc3C)[C@H](O)C2)CC1. The highest BCUT2D eigenvalue weighted by molar-refractivity contribution is 7.10. The summed E-state index contributed by atoms with van der Waals surface area (Å²) >= 11 is 1.81. The van der Waals surface area contributed by atoms with Crippen molar-refractivity contribution in [2.45, 2.75) is 38.2 Å². The molecule has 2 aliphatic rings. The van der Waals surface area contributed by atoms with E-state index >= 15 is 0 Å². The van der Waals surface area contributed by atoms with E-state index in [4.69, 9.17) is 4.74 Å². The molecule has 5 heteroatoms. The van der Waals surface area contributed by atoms with Crippen LogP contribution in [0.3, 0.4) is 0 Å². The molecule has 0 spiro atoms. The molecule has 0 unspecified atom stereocenters. The second kappa shape index (κ2) is 8.77. The Morgan fingerprint density at radius 3 is 2.58 bits per heavy atom. The third kappa shape index (κ3) is 4.58. The maximum absolute atomic E-state index is 10.6. The van der Waals surface area contributed by atoms with E-state index in [2.05, 4.69) is 28.2 Å². The van der Waals surface area contributed by atoms with Gasteiger partial charge in [0.05, 0.1) is 12.7 Å². The van der Waals surface area contributed by atoms with E-state index in [1.165, 1.54) is 36.4 Å². The van der Waals surface area contributed by atoms with Crippen LogP contribution in [0.2, 0.25) is 0 Å². The minimum atomic E-state index is -0.210. The van der Waals surface area contributed by atoms with Gasteiger partial charge < -0.3 is 19.6 Å². The Morgan fingerprint density at radius 2 is 1.96 bits per heavy atom. The molecule has 1 N–H and O–H groups in total. The standard InChI is InChI=1S/C19H32N2O2S/c1-15-6-12-24-19(15)17-5-9-21(14-18(17)22)13-16-3-7-20(8-4-16)10-11-23-2/h6,12,16-18,22H,3-5,7-11,13-14H2,1-2H3/t17-,18-/m1/s1. The molecule has 0 saturated carbocycles. The molecule has 2 atom stereocenters. The molecule has 1 aromatic rings. The van der Waals surface area contributed by atoms with E-state index in [1.54, 1.807) is 7.11 Å². The van der Waals surface area contributed by atoms with Gasteiger partial charge in [-0.15, -0.1) is 11.3 Å². The van der Waals surface area contributed by atoms with Crippen LogP contribution in [0.25, 0.3) is 0 Å². The number of β-amino-alcohol motifs (C(OH)–C–C–N with tert-alkyl or cyclic N) is 1. The summed E-state index contributed by atoms with van der Waals surface area (Å²) in [4.78, 5) is 6.41. The molecule has 4 nitrogen and oxygen atoms in total. The maximum atomic E-state index is 10.6. The zero-order chi connectivity index (χ0) is 16.9. The number of hydrogen-bond acceptors (Lipinski definition) is 5. The summed E-state index contributed by atoms with van der Waals surface area (Å²) in [5.41, 5.74) is 1.35. The summed E-state index contributed by atoms with van der Waals surface area (Å²) in [5.74, 6) is 1.13. The second-order valence-electron chi connectivity index (χ2n) is 7.47. The fourth-order valence-corrected chi connectivity index (χ4v) is 5.33. The van der Waals surface area contributed by atoms with Crippen LogP contribution in [0.5, 0.6) is 0 Å². The van der Waals surface area contributed by atoms with Gasteiger partial charge in [0.2, 0.25) is 0 Å². The van der Waals surface area contributed by atoms with Gasteiger partial charge in [-0.05, 0) is 68.7 Å². The Labute approximate surface area is 150 Å². The lowest BCUT2D eigenvalue weighted by Gasteiger charge is -2.39. The number of piperidine rings is 2. The molecule has 0 aliphatic carbocycles.